The summed E-state index contributed by atoms with van der Waals surface area (Å²) < 4.78 is 7.15. The van der Waals surface area contributed by atoms with Gasteiger partial charge in [0.25, 0.3) is 5.91 Å². The van der Waals surface area contributed by atoms with Crippen LogP contribution in [0, 0.1) is 0 Å². The molecular formula is C19H20N6O2S. The highest BCUT2D eigenvalue weighted by molar-refractivity contribution is 7.99. The fourth-order valence-corrected chi connectivity index (χ4v) is 3.21. The topological polar surface area (TPSA) is 94.3 Å². The minimum Gasteiger partial charge on any atom is -0.497 e. The van der Waals surface area contributed by atoms with Gasteiger partial charge in [-0.25, -0.2) is 5.43 Å². The van der Waals surface area contributed by atoms with Crippen LogP contribution < -0.4 is 10.2 Å². The van der Waals surface area contributed by atoms with Crippen molar-refractivity contribution in [2.75, 3.05) is 12.9 Å². The molecular weight excluding hydrogens is 376 g/mol. The number of benzene rings is 1. The standard InChI is InChI=1S/C19H20N6O2S/c1-3-25-18(14-7-9-16(27-2)10-8-14)23-24-19(25)28-13-17(26)22-21-12-15-6-4-5-11-20-15/h4-12H,3,13H2,1-2H3,(H,22,26). The molecule has 1 aromatic carbocycles. The fourth-order valence-electron chi connectivity index (χ4n) is 2.42. The zero-order valence-corrected chi connectivity index (χ0v) is 16.4. The summed E-state index contributed by atoms with van der Waals surface area (Å²) in [5.41, 5.74) is 4.10. The number of pyridine rings is 1. The lowest BCUT2D eigenvalue weighted by Crippen LogP contribution is -2.20. The molecule has 0 aliphatic heterocycles. The van der Waals surface area contributed by atoms with E-state index in [9.17, 15) is 4.79 Å². The van der Waals surface area contributed by atoms with Crippen molar-refractivity contribution >= 4 is 23.9 Å². The van der Waals surface area contributed by atoms with Crippen LogP contribution in [0.5, 0.6) is 5.75 Å². The van der Waals surface area contributed by atoms with Gasteiger partial charge >= 0.3 is 0 Å². The van der Waals surface area contributed by atoms with Gasteiger partial charge in [-0.2, -0.15) is 5.10 Å². The third kappa shape index (κ3) is 4.95. The van der Waals surface area contributed by atoms with Gasteiger partial charge in [-0.05, 0) is 43.3 Å². The molecule has 1 amide bonds. The number of thioether (sulfide) groups is 1. The summed E-state index contributed by atoms with van der Waals surface area (Å²) in [6.45, 7) is 2.70. The molecule has 1 N–H and O–H groups in total. The van der Waals surface area contributed by atoms with E-state index in [2.05, 4.69) is 25.7 Å². The number of carbonyl (C=O) groups is 1. The first-order chi connectivity index (χ1) is 13.7. The number of nitrogens with one attached hydrogen (secondary N) is 1. The number of hydrogen-bond donors (Lipinski definition) is 1. The molecule has 0 radical (unpaired) electrons. The van der Waals surface area contributed by atoms with Gasteiger partial charge in [0.2, 0.25) is 0 Å². The van der Waals surface area contributed by atoms with E-state index in [1.165, 1.54) is 18.0 Å². The number of methoxy groups -OCH3 is 1. The minimum absolute atomic E-state index is 0.181. The first-order valence-corrected chi connectivity index (χ1v) is 9.63. The number of carbonyl (C=O) groups excluding carboxylic acids is 1. The van der Waals surface area contributed by atoms with Crippen LogP contribution in [-0.4, -0.2) is 44.7 Å². The predicted molar refractivity (Wildman–Crippen MR) is 108 cm³/mol. The number of ether oxygens (including phenoxy) is 1. The molecule has 3 rings (SSSR count). The normalized spacial score (nSPS) is 10.9. The molecule has 0 unspecified atom stereocenters. The molecule has 0 spiro atoms. The average Bonchev–Trinajstić information content (AvgIpc) is 3.16. The lowest BCUT2D eigenvalue weighted by molar-refractivity contribution is -0.118. The van der Waals surface area contributed by atoms with Gasteiger partial charge in [0.05, 0.1) is 24.8 Å². The Hall–Kier alpha value is -3.20. The number of hydrazone groups is 1. The summed E-state index contributed by atoms with van der Waals surface area (Å²) in [6, 6.07) is 13.1. The maximum atomic E-state index is 12.0. The van der Waals surface area contributed by atoms with Crippen LogP contribution in [-0.2, 0) is 11.3 Å². The van der Waals surface area contributed by atoms with E-state index < -0.39 is 0 Å². The maximum Gasteiger partial charge on any atom is 0.250 e. The largest absolute Gasteiger partial charge is 0.497 e. The van der Waals surface area contributed by atoms with Crippen molar-refractivity contribution in [3.05, 3.63) is 54.4 Å². The molecule has 2 heterocycles. The Labute approximate surface area is 167 Å². The number of nitrogens with zero attached hydrogens (tertiary/aromatic N) is 5. The fraction of sp³-hybridized carbons (Fsp3) is 0.211. The highest BCUT2D eigenvalue weighted by Crippen LogP contribution is 2.25. The van der Waals surface area contributed by atoms with Gasteiger partial charge in [0.1, 0.15) is 5.75 Å². The lowest BCUT2D eigenvalue weighted by Gasteiger charge is -2.07. The van der Waals surface area contributed by atoms with Crippen molar-refractivity contribution in [3.8, 4) is 17.1 Å². The summed E-state index contributed by atoms with van der Waals surface area (Å²) in [4.78, 5) is 16.1. The number of aromatic nitrogens is 4. The van der Waals surface area contributed by atoms with Gasteiger partial charge in [0.15, 0.2) is 11.0 Å². The molecule has 0 fully saturated rings. The number of amides is 1. The SMILES string of the molecule is CCn1c(SCC(=O)NN=Cc2ccccn2)nnc1-c1ccc(OC)cc1. The Bertz CT molecular complexity index is 941. The molecule has 9 heteroatoms. The van der Waals surface area contributed by atoms with Crippen molar-refractivity contribution in [1.29, 1.82) is 0 Å². The van der Waals surface area contributed by atoms with Crippen LogP contribution in [0.25, 0.3) is 11.4 Å². The van der Waals surface area contributed by atoms with Crippen LogP contribution >= 0.6 is 11.8 Å². The molecule has 8 nitrogen and oxygen atoms in total. The third-order valence-corrected chi connectivity index (χ3v) is 4.75. The van der Waals surface area contributed by atoms with E-state index in [1.807, 2.05) is 47.9 Å². The molecule has 0 saturated heterocycles. The van der Waals surface area contributed by atoms with Gasteiger partial charge in [-0.1, -0.05) is 17.8 Å². The Balaban J connectivity index is 1.60. The van der Waals surface area contributed by atoms with Crippen LogP contribution in [0.4, 0.5) is 0 Å². The van der Waals surface area contributed by atoms with Crippen LogP contribution in [0.3, 0.4) is 0 Å². The smallest absolute Gasteiger partial charge is 0.250 e. The van der Waals surface area contributed by atoms with E-state index in [0.717, 1.165) is 17.1 Å². The zero-order chi connectivity index (χ0) is 19.8. The second-order valence-corrected chi connectivity index (χ2v) is 6.56. The Morgan fingerprint density at radius 3 is 2.75 bits per heavy atom. The molecule has 0 bridgehead atoms. The van der Waals surface area contributed by atoms with Gasteiger partial charge in [-0.15, -0.1) is 10.2 Å². The van der Waals surface area contributed by atoms with Crippen molar-refractivity contribution in [1.82, 2.24) is 25.2 Å². The van der Waals surface area contributed by atoms with E-state index in [0.29, 0.717) is 17.4 Å². The summed E-state index contributed by atoms with van der Waals surface area (Å²) in [5.74, 6) is 1.49. The number of rotatable bonds is 8. The average molecular weight is 396 g/mol. The molecule has 0 atom stereocenters. The van der Waals surface area contributed by atoms with Crippen LogP contribution in [0.15, 0.2) is 58.9 Å². The summed E-state index contributed by atoms with van der Waals surface area (Å²) in [6.07, 6.45) is 3.16. The molecule has 144 valence electrons. The summed E-state index contributed by atoms with van der Waals surface area (Å²) >= 11 is 1.31. The van der Waals surface area contributed by atoms with Crippen LogP contribution in [0.2, 0.25) is 0 Å². The van der Waals surface area contributed by atoms with Gasteiger partial charge < -0.3 is 9.30 Å². The number of hydrogen-bond acceptors (Lipinski definition) is 7. The molecule has 28 heavy (non-hydrogen) atoms. The summed E-state index contributed by atoms with van der Waals surface area (Å²) in [5, 5.41) is 13.1. The third-order valence-electron chi connectivity index (χ3n) is 3.79. The molecule has 2 aromatic heterocycles. The predicted octanol–water partition coefficient (Wildman–Crippen LogP) is 2.61. The Morgan fingerprint density at radius 2 is 2.07 bits per heavy atom. The zero-order valence-electron chi connectivity index (χ0n) is 15.6. The van der Waals surface area contributed by atoms with Crippen molar-refractivity contribution in [2.24, 2.45) is 5.10 Å². The van der Waals surface area contributed by atoms with Crippen molar-refractivity contribution in [2.45, 2.75) is 18.6 Å². The second-order valence-electron chi connectivity index (χ2n) is 5.62. The Kier molecular flexibility index (Phi) is 6.74. The highest BCUT2D eigenvalue weighted by Gasteiger charge is 2.14. The first kappa shape index (κ1) is 19.6. The van der Waals surface area contributed by atoms with E-state index in [1.54, 1.807) is 19.4 Å². The first-order valence-electron chi connectivity index (χ1n) is 8.64. The maximum absolute atomic E-state index is 12.0. The minimum atomic E-state index is -0.228. The molecule has 0 saturated carbocycles. The lowest BCUT2D eigenvalue weighted by atomic mass is 10.2. The molecule has 3 aromatic rings. The Morgan fingerprint density at radius 1 is 1.25 bits per heavy atom. The second kappa shape index (κ2) is 9.65. The van der Waals surface area contributed by atoms with E-state index in [-0.39, 0.29) is 11.7 Å². The summed E-state index contributed by atoms with van der Waals surface area (Å²) in [7, 11) is 1.63. The quantitative estimate of drug-likeness (QED) is 0.357. The van der Waals surface area contributed by atoms with Gasteiger partial charge in [0, 0.05) is 18.3 Å². The monoisotopic (exact) mass is 396 g/mol. The highest BCUT2D eigenvalue weighted by atomic mass is 32.2. The molecule has 0 aliphatic rings. The van der Waals surface area contributed by atoms with E-state index >= 15 is 0 Å². The van der Waals surface area contributed by atoms with Crippen LogP contribution in [0.1, 0.15) is 12.6 Å². The molecule has 0 aliphatic carbocycles. The van der Waals surface area contributed by atoms with Gasteiger partial charge in [-0.3, -0.25) is 9.78 Å². The van der Waals surface area contributed by atoms with Crippen molar-refractivity contribution < 1.29 is 9.53 Å². The van der Waals surface area contributed by atoms with E-state index in [4.69, 9.17) is 4.74 Å². The van der Waals surface area contributed by atoms with Crippen molar-refractivity contribution in [3.63, 3.8) is 0 Å².